The molecule has 1 aromatic heterocycles. The number of anilines is 2. The van der Waals surface area contributed by atoms with Crippen LogP contribution in [0.2, 0.25) is 0 Å². The Labute approximate surface area is 168 Å². The van der Waals surface area contributed by atoms with Crippen molar-refractivity contribution in [1.82, 2.24) is 20.1 Å². The Morgan fingerprint density at radius 1 is 1.28 bits per heavy atom. The summed E-state index contributed by atoms with van der Waals surface area (Å²) < 4.78 is 1.54. The van der Waals surface area contributed by atoms with Crippen LogP contribution in [0.1, 0.15) is 47.8 Å². The molecule has 0 aliphatic carbocycles. The summed E-state index contributed by atoms with van der Waals surface area (Å²) in [5, 5.41) is 22.0. The minimum Gasteiger partial charge on any atom is -0.366 e. The average molecular weight is 399 g/mol. The van der Waals surface area contributed by atoms with Crippen LogP contribution in [0.5, 0.6) is 0 Å². The monoisotopic (exact) mass is 399 g/mol. The number of carbonyl (C=O) groups is 1. The van der Waals surface area contributed by atoms with Crippen LogP contribution in [-0.4, -0.2) is 51.8 Å². The van der Waals surface area contributed by atoms with Crippen molar-refractivity contribution in [3.8, 4) is 0 Å². The Morgan fingerprint density at radius 2 is 2.00 bits per heavy atom. The van der Waals surface area contributed by atoms with Gasteiger partial charge in [-0.15, -0.1) is 0 Å². The number of aryl methyl sites for hydroxylation is 1. The van der Waals surface area contributed by atoms with Crippen LogP contribution < -0.4 is 15.5 Å². The number of hydrogen-bond donors (Lipinski definition) is 2. The molecule has 0 saturated carbocycles. The average Bonchev–Trinajstić information content (AvgIpc) is 3.38. The highest BCUT2D eigenvalue weighted by atomic mass is 16.6. The highest BCUT2D eigenvalue weighted by Gasteiger charge is 2.25. The first-order valence-corrected chi connectivity index (χ1v) is 9.99. The highest BCUT2D eigenvalue weighted by Crippen LogP contribution is 2.32. The van der Waals surface area contributed by atoms with Gasteiger partial charge in [-0.25, -0.2) is 4.68 Å². The molecule has 2 aliphatic heterocycles. The van der Waals surface area contributed by atoms with E-state index in [9.17, 15) is 14.9 Å². The molecule has 1 aromatic carbocycles. The zero-order chi connectivity index (χ0) is 20.4. The van der Waals surface area contributed by atoms with E-state index in [0.717, 1.165) is 57.7 Å². The van der Waals surface area contributed by atoms with Crippen LogP contribution in [0.3, 0.4) is 0 Å². The topological polar surface area (TPSA) is 118 Å². The Kier molecular flexibility index (Phi) is 5.43. The van der Waals surface area contributed by atoms with Crippen molar-refractivity contribution in [2.24, 2.45) is 7.05 Å². The minimum atomic E-state index is -0.437. The number of nitrogens with zero attached hydrogens (tertiary/aromatic N) is 5. The SMILES string of the molecule is Cn1nc(C2CCNCC2)nc1NC(=O)c1ccc(N2CCCC2)c([N+](=O)[O-])c1. The smallest absolute Gasteiger partial charge is 0.293 e. The van der Waals surface area contributed by atoms with Gasteiger partial charge in [0.25, 0.3) is 11.6 Å². The Hall–Kier alpha value is -3.01. The molecule has 0 unspecified atom stereocenters. The van der Waals surface area contributed by atoms with Crippen molar-refractivity contribution in [2.45, 2.75) is 31.6 Å². The fourth-order valence-electron chi connectivity index (χ4n) is 3.98. The summed E-state index contributed by atoms with van der Waals surface area (Å²) in [5.74, 6) is 0.900. The number of benzene rings is 1. The summed E-state index contributed by atoms with van der Waals surface area (Å²) in [7, 11) is 1.73. The van der Waals surface area contributed by atoms with E-state index in [1.54, 1.807) is 23.9 Å². The van der Waals surface area contributed by atoms with Crippen LogP contribution in [-0.2, 0) is 7.05 Å². The third-order valence-electron chi connectivity index (χ3n) is 5.59. The van der Waals surface area contributed by atoms with Crippen LogP contribution in [0.15, 0.2) is 18.2 Å². The molecule has 0 spiro atoms. The molecule has 1 amide bonds. The van der Waals surface area contributed by atoms with E-state index in [4.69, 9.17) is 0 Å². The molecule has 0 radical (unpaired) electrons. The second-order valence-electron chi connectivity index (χ2n) is 7.55. The quantitative estimate of drug-likeness (QED) is 0.583. The molecular weight excluding hydrogens is 374 g/mol. The molecule has 3 heterocycles. The van der Waals surface area contributed by atoms with E-state index < -0.39 is 10.8 Å². The Morgan fingerprint density at radius 3 is 2.69 bits per heavy atom. The standard InChI is InChI=1S/C19H25N7O3/c1-24-19(21-17(23-24)13-6-8-20-9-7-13)22-18(27)14-4-5-15(16(12-14)26(28)29)25-10-2-3-11-25/h4-5,12-13,20H,2-3,6-11H2,1H3,(H,21,22,23,27). The normalized spacial score (nSPS) is 17.5. The zero-order valence-corrected chi connectivity index (χ0v) is 16.4. The fourth-order valence-corrected chi connectivity index (χ4v) is 3.98. The lowest BCUT2D eigenvalue weighted by Gasteiger charge is -2.19. The predicted octanol–water partition coefficient (Wildman–Crippen LogP) is 2.04. The van der Waals surface area contributed by atoms with Crippen molar-refractivity contribution in [3.05, 3.63) is 39.7 Å². The van der Waals surface area contributed by atoms with Gasteiger partial charge < -0.3 is 10.2 Å². The summed E-state index contributed by atoms with van der Waals surface area (Å²) in [6, 6.07) is 4.63. The number of amides is 1. The first-order chi connectivity index (χ1) is 14.0. The lowest BCUT2D eigenvalue weighted by atomic mass is 9.98. The first kappa shape index (κ1) is 19.3. The van der Waals surface area contributed by atoms with Gasteiger partial charge in [0.2, 0.25) is 5.95 Å². The lowest BCUT2D eigenvalue weighted by Crippen LogP contribution is -2.27. The second kappa shape index (κ2) is 8.16. The van der Waals surface area contributed by atoms with Gasteiger partial charge in [-0.2, -0.15) is 10.1 Å². The number of piperidine rings is 1. The summed E-state index contributed by atoms with van der Waals surface area (Å²) in [6.45, 7) is 3.45. The van der Waals surface area contributed by atoms with Gasteiger partial charge >= 0.3 is 0 Å². The van der Waals surface area contributed by atoms with Crippen LogP contribution in [0, 0.1) is 10.1 Å². The number of hydrogen-bond acceptors (Lipinski definition) is 7. The molecular formula is C19H25N7O3. The Balaban J connectivity index is 1.53. The molecule has 0 atom stereocenters. The van der Waals surface area contributed by atoms with Gasteiger partial charge in [0.05, 0.1) is 4.92 Å². The maximum absolute atomic E-state index is 12.7. The van der Waals surface area contributed by atoms with Crippen LogP contribution in [0.4, 0.5) is 17.3 Å². The maximum atomic E-state index is 12.7. The number of aromatic nitrogens is 3. The summed E-state index contributed by atoms with van der Waals surface area (Å²) >= 11 is 0. The summed E-state index contributed by atoms with van der Waals surface area (Å²) in [4.78, 5) is 30.3. The molecule has 29 heavy (non-hydrogen) atoms. The number of rotatable bonds is 5. The van der Waals surface area contributed by atoms with Gasteiger partial charge in [0, 0.05) is 37.7 Å². The minimum absolute atomic E-state index is 0.0482. The van der Waals surface area contributed by atoms with Gasteiger partial charge in [-0.05, 0) is 50.9 Å². The van der Waals surface area contributed by atoms with E-state index in [-0.39, 0.29) is 17.2 Å². The van der Waals surface area contributed by atoms with E-state index in [1.165, 1.54) is 6.07 Å². The molecule has 0 bridgehead atoms. The first-order valence-electron chi connectivity index (χ1n) is 9.99. The molecule has 2 aromatic rings. The van der Waals surface area contributed by atoms with E-state index in [1.807, 2.05) is 4.90 Å². The molecule has 10 nitrogen and oxygen atoms in total. The van der Waals surface area contributed by atoms with Gasteiger partial charge in [0.15, 0.2) is 5.82 Å². The lowest BCUT2D eigenvalue weighted by molar-refractivity contribution is -0.384. The van der Waals surface area contributed by atoms with Crippen molar-refractivity contribution in [3.63, 3.8) is 0 Å². The van der Waals surface area contributed by atoms with Gasteiger partial charge in [-0.3, -0.25) is 20.2 Å². The molecule has 10 heteroatoms. The van der Waals surface area contributed by atoms with Gasteiger partial charge in [-0.1, -0.05) is 0 Å². The third kappa shape index (κ3) is 4.07. The molecule has 2 saturated heterocycles. The molecule has 154 valence electrons. The maximum Gasteiger partial charge on any atom is 0.293 e. The second-order valence-corrected chi connectivity index (χ2v) is 7.55. The number of nitro groups is 1. The number of nitro benzene ring substituents is 1. The molecule has 4 rings (SSSR count). The third-order valence-corrected chi connectivity index (χ3v) is 5.59. The van der Waals surface area contributed by atoms with Gasteiger partial charge in [0.1, 0.15) is 5.69 Å². The van der Waals surface area contributed by atoms with Crippen LogP contribution >= 0.6 is 0 Å². The zero-order valence-electron chi connectivity index (χ0n) is 16.4. The largest absolute Gasteiger partial charge is 0.366 e. The van der Waals surface area contributed by atoms with E-state index in [2.05, 4.69) is 20.7 Å². The fraction of sp³-hybridized carbons (Fsp3) is 0.526. The van der Waals surface area contributed by atoms with Crippen molar-refractivity contribution >= 4 is 23.2 Å². The number of nitrogens with one attached hydrogen (secondary N) is 2. The number of carbonyl (C=O) groups excluding carboxylic acids is 1. The summed E-state index contributed by atoms with van der Waals surface area (Å²) in [6.07, 6.45) is 3.96. The Bertz CT molecular complexity index is 915. The van der Waals surface area contributed by atoms with E-state index >= 15 is 0 Å². The summed E-state index contributed by atoms with van der Waals surface area (Å²) in [5.41, 5.74) is 0.745. The predicted molar refractivity (Wildman–Crippen MR) is 108 cm³/mol. The van der Waals surface area contributed by atoms with Crippen molar-refractivity contribution < 1.29 is 9.72 Å². The van der Waals surface area contributed by atoms with Crippen LogP contribution in [0.25, 0.3) is 0 Å². The highest BCUT2D eigenvalue weighted by molar-refractivity contribution is 6.04. The molecule has 2 aliphatic rings. The van der Waals surface area contributed by atoms with Crippen molar-refractivity contribution in [1.29, 1.82) is 0 Å². The van der Waals surface area contributed by atoms with Crippen molar-refractivity contribution in [2.75, 3.05) is 36.4 Å². The van der Waals surface area contributed by atoms with E-state index in [0.29, 0.717) is 11.6 Å². The molecule has 2 N–H and O–H groups in total. The molecule has 2 fully saturated rings.